The second-order valence-corrected chi connectivity index (χ2v) is 5.37. The van der Waals surface area contributed by atoms with Gasteiger partial charge in [-0.1, -0.05) is 18.7 Å². The maximum absolute atomic E-state index is 12.0. The lowest BCUT2D eigenvalue weighted by molar-refractivity contribution is -0.114. The van der Waals surface area contributed by atoms with Gasteiger partial charge >= 0.3 is 6.03 Å². The van der Waals surface area contributed by atoms with Gasteiger partial charge in [-0.05, 0) is 38.5 Å². The molecule has 0 saturated heterocycles. The molecule has 0 radical (unpaired) electrons. The second kappa shape index (κ2) is 7.68. The molecule has 0 fully saturated rings. The van der Waals surface area contributed by atoms with Crippen molar-refractivity contribution in [1.29, 1.82) is 0 Å². The van der Waals surface area contributed by atoms with Crippen LogP contribution < -0.4 is 20.1 Å². The van der Waals surface area contributed by atoms with Gasteiger partial charge in [-0.15, -0.1) is 0 Å². The predicted octanol–water partition coefficient (Wildman–Crippen LogP) is 2.87. The summed E-state index contributed by atoms with van der Waals surface area (Å²) in [4.78, 5) is 23.8. The summed E-state index contributed by atoms with van der Waals surface area (Å²) in [7, 11) is 0. The van der Waals surface area contributed by atoms with Crippen LogP contribution in [0.25, 0.3) is 0 Å². The third-order valence-electron chi connectivity index (χ3n) is 3.61. The van der Waals surface area contributed by atoms with Crippen LogP contribution in [0.4, 0.5) is 4.79 Å². The minimum atomic E-state index is -0.524. The van der Waals surface area contributed by atoms with E-state index in [0.29, 0.717) is 36.0 Å². The molecule has 1 aromatic rings. The number of ether oxygens (including phenoxy) is 2. The molecule has 128 valence electrons. The Labute approximate surface area is 141 Å². The van der Waals surface area contributed by atoms with Crippen LogP contribution in [0.2, 0.25) is 0 Å². The summed E-state index contributed by atoms with van der Waals surface area (Å²) < 4.78 is 11.2. The topological polar surface area (TPSA) is 76.7 Å². The van der Waals surface area contributed by atoms with E-state index >= 15 is 0 Å². The lowest BCUT2D eigenvalue weighted by atomic mass is 9.93. The average molecular weight is 330 g/mol. The normalized spacial score (nSPS) is 17.0. The molecule has 0 aromatic heterocycles. The van der Waals surface area contributed by atoms with Crippen LogP contribution in [0.3, 0.4) is 0 Å². The summed E-state index contributed by atoms with van der Waals surface area (Å²) in [5, 5.41) is 5.42. The van der Waals surface area contributed by atoms with Crippen LogP contribution in [0.1, 0.15) is 32.4 Å². The fraction of sp³-hybridized carbons (Fsp3) is 0.333. The van der Waals surface area contributed by atoms with Gasteiger partial charge in [0.1, 0.15) is 6.61 Å². The van der Waals surface area contributed by atoms with Gasteiger partial charge in [0.25, 0.3) is 0 Å². The van der Waals surface area contributed by atoms with Gasteiger partial charge in [0, 0.05) is 11.3 Å². The van der Waals surface area contributed by atoms with Gasteiger partial charge in [0.05, 0.1) is 12.6 Å². The van der Waals surface area contributed by atoms with Crippen LogP contribution in [0.15, 0.2) is 42.1 Å². The molecule has 2 rings (SSSR count). The highest BCUT2D eigenvalue weighted by Gasteiger charge is 2.29. The largest absolute Gasteiger partial charge is 0.490 e. The molecule has 2 amide bonds. The number of ketones is 1. The van der Waals surface area contributed by atoms with E-state index in [1.54, 1.807) is 25.1 Å². The van der Waals surface area contributed by atoms with Gasteiger partial charge in [0.15, 0.2) is 17.3 Å². The molecule has 0 bridgehead atoms. The number of carbonyl (C=O) groups is 2. The molecular formula is C18H22N2O4. The molecule has 1 aromatic carbocycles. The highest BCUT2D eigenvalue weighted by Crippen LogP contribution is 2.34. The van der Waals surface area contributed by atoms with Crippen LogP contribution >= 0.6 is 0 Å². The number of urea groups is 1. The first-order valence-corrected chi connectivity index (χ1v) is 7.77. The van der Waals surface area contributed by atoms with Crippen LogP contribution in [-0.2, 0) is 4.79 Å². The van der Waals surface area contributed by atoms with E-state index in [0.717, 1.165) is 5.56 Å². The molecular weight excluding hydrogens is 308 g/mol. The van der Waals surface area contributed by atoms with Crippen molar-refractivity contribution < 1.29 is 19.1 Å². The zero-order valence-corrected chi connectivity index (χ0v) is 14.1. The Morgan fingerprint density at radius 1 is 1.33 bits per heavy atom. The van der Waals surface area contributed by atoms with Crippen LogP contribution in [-0.4, -0.2) is 25.0 Å². The smallest absolute Gasteiger partial charge is 0.319 e. The molecule has 0 aliphatic carbocycles. The van der Waals surface area contributed by atoms with Gasteiger partial charge in [-0.2, -0.15) is 0 Å². The molecule has 24 heavy (non-hydrogen) atoms. The maximum Gasteiger partial charge on any atom is 0.319 e. The van der Waals surface area contributed by atoms with Crippen molar-refractivity contribution in [3.05, 3.63) is 47.7 Å². The number of nitrogens with one attached hydrogen (secondary N) is 2. The number of benzene rings is 1. The van der Waals surface area contributed by atoms with Crippen molar-refractivity contribution in [3.63, 3.8) is 0 Å². The Morgan fingerprint density at radius 3 is 2.71 bits per heavy atom. The minimum absolute atomic E-state index is 0.102. The van der Waals surface area contributed by atoms with Crippen molar-refractivity contribution in [2.75, 3.05) is 13.2 Å². The summed E-state index contributed by atoms with van der Waals surface area (Å²) in [6.45, 7) is 9.53. The lowest BCUT2D eigenvalue weighted by Crippen LogP contribution is -2.44. The Balaban J connectivity index is 2.44. The molecule has 0 saturated carbocycles. The Hall–Kier alpha value is -2.76. The average Bonchev–Trinajstić information content (AvgIpc) is 2.52. The summed E-state index contributed by atoms with van der Waals surface area (Å²) in [5.74, 6) is 1.05. The van der Waals surface area contributed by atoms with E-state index < -0.39 is 6.04 Å². The fourth-order valence-electron chi connectivity index (χ4n) is 2.65. The van der Waals surface area contributed by atoms with Gasteiger partial charge < -0.3 is 20.1 Å². The maximum atomic E-state index is 12.0. The summed E-state index contributed by atoms with van der Waals surface area (Å²) >= 11 is 0. The Bertz CT molecular complexity index is 694. The zero-order valence-electron chi connectivity index (χ0n) is 14.1. The van der Waals surface area contributed by atoms with Crippen LogP contribution in [0.5, 0.6) is 11.5 Å². The highest BCUT2D eigenvalue weighted by molar-refractivity contribution is 5.98. The van der Waals surface area contributed by atoms with Crippen LogP contribution in [0, 0.1) is 0 Å². The zero-order chi connectivity index (χ0) is 17.7. The van der Waals surface area contributed by atoms with Gasteiger partial charge in [0.2, 0.25) is 0 Å². The molecule has 1 heterocycles. The predicted molar refractivity (Wildman–Crippen MR) is 91.1 cm³/mol. The Kier molecular flexibility index (Phi) is 5.63. The monoisotopic (exact) mass is 330 g/mol. The minimum Gasteiger partial charge on any atom is -0.490 e. The molecule has 0 spiro atoms. The molecule has 1 aliphatic rings. The molecule has 6 heteroatoms. The first-order valence-electron chi connectivity index (χ1n) is 7.77. The number of allylic oxidation sites excluding steroid dienone is 1. The number of Topliss-reactive ketones (excluding diaryl/α,β-unsaturated/α-hetero) is 1. The van der Waals surface area contributed by atoms with E-state index in [1.807, 2.05) is 13.0 Å². The quantitative estimate of drug-likeness (QED) is 0.754. The highest BCUT2D eigenvalue weighted by atomic mass is 16.5. The summed E-state index contributed by atoms with van der Waals surface area (Å²) in [5.41, 5.74) is 1.84. The van der Waals surface area contributed by atoms with E-state index in [-0.39, 0.29) is 11.8 Å². The second-order valence-electron chi connectivity index (χ2n) is 5.37. The number of hydrogen-bond donors (Lipinski definition) is 2. The third kappa shape index (κ3) is 3.76. The SMILES string of the molecule is C=CCOc1ccc([C@@H]2NC(=O)NC(C)=C2C(C)=O)cc1OCC. The first-order chi connectivity index (χ1) is 11.5. The molecule has 0 unspecified atom stereocenters. The number of carbonyl (C=O) groups excluding carboxylic acids is 2. The van der Waals surface area contributed by atoms with Crippen molar-refractivity contribution in [1.82, 2.24) is 10.6 Å². The molecule has 1 aliphatic heterocycles. The standard InChI is InChI=1S/C18H22N2O4/c1-5-9-24-14-8-7-13(10-15(14)23-6-2)17-16(12(4)21)11(3)19-18(22)20-17/h5,7-8,10,17H,1,6,9H2,2-4H3,(H2,19,20,22)/t17-/m0/s1. The fourth-order valence-corrected chi connectivity index (χ4v) is 2.65. The third-order valence-corrected chi connectivity index (χ3v) is 3.61. The van der Waals surface area contributed by atoms with Gasteiger partial charge in [-0.3, -0.25) is 4.79 Å². The summed E-state index contributed by atoms with van der Waals surface area (Å²) in [6, 6.07) is 4.50. The van der Waals surface area contributed by atoms with E-state index in [9.17, 15) is 9.59 Å². The number of rotatable bonds is 7. The van der Waals surface area contributed by atoms with E-state index in [4.69, 9.17) is 9.47 Å². The van der Waals surface area contributed by atoms with E-state index in [2.05, 4.69) is 17.2 Å². The van der Waals surface area contributed by atoms with Crippen molar-refractivity contribution >= 4 is 11.8 Å². The molecule has 1 atom stereocenters. The van der Waals surface area contributed by atoms with Crippen molar-refractivity contribution in [3.8, 4) is 11.5 Å². The molecule has 2 N–H and O–H groups in total. The lowest BCUT2D eigenvalue weighted by Gasteiger charge is -2.28. The summed E-state index contributed by atoms with van der Waals surface area (Å²) in [6.07, 6.45) is 1.65. The van der Waals surface area contributed by atoms with Crippen molar-refractivity contribution in [2.24, 2.45) is 0 Å². The number of hydrogen-bond acceptors (Lipinski definition) is 4. The first kappa shape index (κ1) is 17.6. The van der Waals surface area contributed by atoms with Crippen molar-refractivity contribution in [2.45, 2.75) is 26.8 Å². The van der Waals surface area contributed by atoms with Gasteiger partial charge in [-0.25, -0.2) is 4.79 Å². The number of amides is 2. The van der Waals surface area contributed by atoms with E-state index in [1.165, 1.54) is 6.92 Å². The Morgan fingerprint density at radius 2 is 2.08 bits per heavy atom. The molecule has 6 nitrogen and oxygen atoms in total.